The number of carbonyl (C=O) groups excluding carboxylic acids is 2. The van der Waals surface area contributed by atoms with Gasteiger partial charge in [-0.05, 0) is 13.8 Å². The summed E-state index contributed by atoms with van der Waals surface area (Å²) in [5.74, 6) is -0.808. The largest absolute Gasteiger partial charge is 0.453 e. The maximum Gasteiger partial charge on any atom is 0.331 e. The van der Waals surface area contributed by atoms with Crippen molar-refractivity contribution in [2.24, 2.45) is 0 Å². The number of fused-ring (bicyclic) bond motifs is 1. The number of amides is 1. The molecular formula is C13H21NO5S2. The van der Waals surface area contributed by atoms with Crippen LogP contribution >= 0.6 is 11.8 Å². The van der Waals surface area contributed by atoms with Gasteiger partial charge in [0.25, 0.3) is 0 Å². The molecule has 0 radical (unpaired) electrons. The van der Waals surface area contributed by atoms with E-state index in [-0.39, 0.29) is 23.0 Å². The first-order valence-corrected chi connectivity index (χ1v) is 9.28. The molecule has 0 spiro atoms. The normalized spacial score (nSPS) is 29.8. The van der Waals surface area contributed by atoms with Crippen molar-refractivity contribution in [3.63, 3.8) is 0 Å². The Morgan fingerprint density at radius 1 is 1.43 bits per heavy atom. The monoisotopic (exact) mass is 335 g/mol. The van der Waals surface area contributed by atoms with Gasteiger partial charge in [-0.15, -0.1) is 11.8 Å². The fourth-order valence-electron chi connectivity index (χ4n) is 2.55. The lowest BCUT2D eigenvalue weighted by atomic mass is 9.98. The Bertz CT molecular complexity index is 576. The minimum atomic E-state index is -3.55. The molecule has 0 N–H and O–H groups in total. The molecule has 0 aromatic rings. The highest BCUT2D eigenvalue weighted by Crippen LogP contribution is 2.46. The predicted molar refractivity (Wildman–Crippen MR) is 80.3 cm³/mol. The number of β-lactam (4-membered cyclic amide) rings is 1. The van der Waals surface area contributed by atoms with Crippen molar-refractivity contribution in [2.45, 2.75) is 61.9 Å². The van der Waals surface area contributed by atoms with Gasteiger partial charge in [0.2, 0.25) is 5.91 Å². The van der Waals surface area contributed by atoms with Crippen LogP contribution in [0.4, 0.5) is 0 Å². The van der Waals surface area contributed by atoms with E-state index in [1.165, 1.54) is 30.5 Å². The van der Waals surface area contributed by atoms with E-state index in [4.69, 9.17) is 4.74 Å². The lowest BCUT2D eigenvalue weighted by Crippen LogP contribution is -2.57. The summed E-state index contributed by atoms with van der Waals surface area (Å²) in [4.78, 5) is 25.1. The molecule has 21 heavy (non-hydrogen) atoms. The van der Waals surface area contributed by atoms with Crippen LogP contribution in [-0.4, -0.2) is 52.0 Å². The molecule has 8 heteroatoms. The van der Waals surface area contributed by atoms with E-state index >= 15 is 0 Å². The third-order valence-corrected chi connectivity index (χ3v) is 7.79. The molecule has 2 fully saturated rings. The second kappa shape index (κ2) is 4.87. The van der Waals surface area contributed by atoms with Crippen molar-refractivity contribution >= 4 is 33.5 Å². The van der Waals surface area contributed by atoms with Crippen molar-refractivity contribution < 1.29 is 22.7 Å². The summed E-state index contributed by atoms with van der Waals surface area (Å²) < 4.78 is 28.5. The number of rotatable bonds is 3. The molecule has 2 saturated heterocycles. The zero-order valence-electron chi connectivity index (χ0n) is 12.9. The maximum atomic E-state index is 12.4. The van der Waals surface area contributed by atoms with Crippen LogP contribution in [0, 0.1) is 0 Å². The van der Waals surface area contributed by atoms with Crippen LogP contribution in [-0.2, 0) is 24.2 Å². The molecule has 2 aliphatic heterocycles. The van der Waals surface area contributed by atoms with E-state index in [0.29, 0.717) is 0 Å². The van der Waals surface area contributed by atoms with Crippen molar-refractivity contribution in [1.82, 2.24) is 4.90 Å². The molecule has 120 valence electrons. The van der Waals surface area contributed by atoms with Crippen LogP contribution in [0.2, 0.25) is 0 Å². The average molecular weight is 335 g/mol. The topological polar surface area (TPSA) is 80.8 Å². The number of ether oxygens (including phenoxy) is 1. The summed E-state index contributed by atoms with van der Waals surface area (Å²) >= 11 is 1.45. The Hall–Kier alpha value is -0.760. The Morgan fingerprint density at radius 3 is 2.48 bits per heavy atom. The summed E-state index contributed by atoms with van der Waals surface area (Å²) in [6.07, 6.45) is -0.0354. The number of nitrogens with zero attached hydrogens (tertiary/aromatic N) is 1. The highest BCUT2D eigenvalue weighted by Gasteiger charge is 2.68. The van der Waals surface area contributed by atoms with Crippen molar-refractivity contribution in [3.8, 4) is 0 Å². The SMILES string of the molecule is CC(C)(C)SCOC(=O)[C@@H]1N2C(=O)C[C@H]2S(=O)(=O)C1(C)C. The average Bonchev–Trinajstić information content (AvgIpc) is 2.41. The smallest absolute Gasteiger partial charge is 0.331 e. The number of thioether (sulfide) groups is 1. The molecule has 2 atom stereocenters. The summed E-state index contributed by atoms with van der Waals surface area (Å²) in [6, 6.07) is -1.05. The van der Waals surface area contributed by atoms with Gasteiger partial charge >= 0.3 is 5.97 Å². The van der Waals surface area contributed by atoms with Crippen LogP contribution in [0.25, 0.3) is 0 Å². The van der Waals surface area contributed by atoms with Crippen LogP contribution in [0.5, 0.6) is 0 Å². The number of hydrogen-bond donors (Lipinski definition) is 0. The quantitative estimate of drug-likeness (QED) is 0.437. The molecule has 0 aromatic heterocycles. The number of esters is 1. The molecule has 0 aromatic carbocycles. The lowest BCUT2D eigenvalue weighted by Gasteiger charge is -2.36. The van der Waals surface area contributed by atoms with Crippen molar-refractivity contribution in [2.75, 3.05) is 5.94 Å². The number of hydrogen-bond acceptors (Lipinski definition) is 6. The zero-order valence-corrected chi connectivity index (χ0v) is 14.5. The Balaban J connectivity index is 2.15. The van der Waals surface area contributed by atoms with Gasteiger partial charge in [0.1, 0.15) is 17.4 Å². The van der Waals surface area contributed by atoms with Crippen molar-refractivity contribution in [3.05, 3.63) is 0 Å². The van der Waals surface area contributed by atoms with Crippen LogP contribution < -0.4 is 0 Å². The van der Waals surface area contributed by atoms with Gasteiger partial charge in [0, 0.05) is 4.75 Å². The van der Waals surface area contributed by atoms with Crippen LogP contribution in [0.15, 0.2) is 0 Å². The fraction of sp³-hybridized carbons (Fsp3) is 0.846. The van der Waals surface area contributed by atoms with Crippen molar-refractivity contribution in [1.29, 1.82) is 0 Å². The highest BCUT2D eigenvalue weighted by atomic mass is 32.2. The molecule has 2 rings (SSSR count). The number of sulfone groups is 1. The molecular weight excluding hydrogens is 314 g/mol. The van der Waals surface area contributed by atoms with E-state index in [9.17, 15) is 18.0 Å². The molecule has 0 aliphatic carbocycles. The zero-order chi connectivity index (χ0) is 16.2. The molecule has 0 bridgehead atoms. The van der Waals surface area contributed by atoms with Gasteiger partial charge in [-0.25, -0.2) is 13.2 Å². The first-order valence-electron chi connectivity index (χ1n) is 6.75. The van der Waals surface area contributed by atoms with Gasteiger partial charge < -0.3 is 9.64 Å². The standard InChI is InChI=1S/C13H21NO5S2/c1-12(2,3)20-7-19-11(16)10-13(4,5)21(17,18)9-6-8(15)14(9)10/h9-10H,6-7H2,1-5H3/t9-,10+/m1/s1. The summed E-state index contributed by atoms with van der Waals surface area (Å²) in [5, 5.41) is -0.868. The van der Waals surface area contributed by atoms with E-state index in [0.717, 1.165) is 0 Å². The van der Waals surface area contributed by atoms with E-state index < -0.39 is 32.0 Å². The second-order valence-electron chi connectivity index (χ2n) is 6.85. The van der Waals surface area contributed by atoms with Gasteiger partial charge in [0.05, 0.1) is 11.2 Å². The second-order valence-corrected chi connectivity index (χ2v) is 11.3. The van der Waals surface area contributed by atoms with E-state index in [1.807, 2.05) is 20.8 Å². The molecule has 0 saturated carbocycles. The third kappa shape index (κ3) is 2.56. The first kappa shape index (κ1) is 16.6. The molecule has 1 amide bonds. The first-order chi connectivity index (χ1) is 9.39. The van der Waals surface area contributed by atoms with Gasteiger partial charge in [-0.2, -0.15) is 0 Å². The predicted octanol–water partition coefficient (Wildman–Crippen LogP) is 1.15. The fourth-order valence-corrected chi connectivity index (χ4v) is 5.20. The lowest BCUT2D eigenvalue weighted by molar-refractivity contribution is -0.159. The van der Waals surface area contributed by atoms with Crippen LogP contribution in [0.1, 0.15) is 41.0 Å². The molecule has 2 heterocycles. The molecule has 0 unspecified atom stereocenters. The minimum absolute atomic E-state index is 0.0354. The van der Waals surface area contributed by atoms with Gasteiger partial charge in [0.15, 0.2) is 9.84 Å². The minimum Gasteiger partial charge on any atom is -0.453 e. The maximum absolute atomic E-state index is 12.4. The Morgan fingerprint density at radius 2 is 2.00 bits per heavy atom. The molecule has 2 aliphatic rings. The summed E-state index contributed by atoms with van der Waals surface area (Å²) in [5.41, 5.74) is 0. The van der Waals surface area contributed by atoms with Crippen LogP contribution in [0.3, 0.4) is 0 Å². The Labute approximate surface area is 129 Å². The van der Waals surface area contributed by atoms with Gasteiger partial charge in [-0.3, -0.25) is 4.79 Å². The van der Waals surface area contributed by atoms with E-state index in [2.05, 4.69) is 0 Å². The number of carbonyl (C=O) groups is 2. The third-order valence-electron chi connectivity index (χ3n) is 3.89. The highest BCUT2D eigenvalue weighted by molar-refractivity contribution is 8.00. The summed E-state index contributed by atoms with van der Waals surface area (Å²) in [6.45, 7) is 8.94. The van der Waals surface area contributed by atoms with E-state index in [1.54, 1.807) is 0 Å². The molecule has 6 nitrogen and oxygen atoms in total. The Kier molecular flexibility index (Phi) is 3.85. The summed E-state index contributed by atoms with van der Waals surface area (Å²) in [7, 11) is -3.55. The van der Waals surface area contributed by atoms with Gasteiger partial charge in [-0.1, -0.05) is 20.8 Å².